The van der Waals surface area contributed by atoms with E-state index in [1.54, 1.807) is 75.3 Å². The third kappa shape index (κ3) is 46.1. The molecule has 4 unspecified atom stereocenters. The van der Waals surface area contributed by atoms with Crippen LogP contribution in [0, 0.1) is 50.2 Å². The number of aliphatic hydroxyl groups excluding tert-OH is 1. The number of carboxylic acid groups (broad SMARTS) is 3. The van der Waals surface area contributed by atoms with Crippen LogP contribution in [0.5, 0.6) is 0 Å². The summed E-state index contributed by atoms with van der Waals surface area (Å²) in [6.07, 6.45) is 11.7. The van der Waals surface area contributed by atoms with Crippen LogP contribution in [-0.2, 0) is 95.3 Å². The van der Waals surface area contributed by atoms with Gasteiger partial charge >= 0.3 is 77.7 Å². The molecular formula is C79H133NO27S. The molecular weight excluding hydrogens is 1430 g/mol. The molecule has 0 heterocycles. The fourth-order valence-electron chi connectivity index (χ4n) is 8.34. The Bertz CT molecular complexity index is 2880. The van der Waals surface area contributed by atoms with Crippen molar-refractivity contribution < 1.29 is 130 Å². The van der Waals surface area contributed by atoms with Gasteiger partial charge in [-0.25, -0.2) is 14.4 Å². The van der Waals surface area contributed by atoms with Gasteiger partial charge in [-0.3, -0.25) is 47.9 Å². The second kappa shape index (κ2) is 55.8. The zero-order valence-electron chi connectivity index (χ0n) is 68.4. The normalized spacial score (nSPS) is 14.0. The van der Waals surface area contributed by atoms with E-state index in [4.69, 9.17) is 62.7 Å². The number of thioether (sulfide) groups is 1. The Morgan fingerprint density at radius 3 is 1.40 bits per heavy atom. The largest absolute Gasteiger partial charge is 0.481 e. The molecule has 1 amide bonds. The smallest absolute Gasteiger partial charge is 0.407 e. The Hall–Kier alpha value is -7.56. The summed E-state index contributed by atoms with van der Waals surface area (Å²) in [7, 11) is 1.35. The Balaban J connectivity index is -0.00000132. The molecule has 1 aromatic carbocycles. The van der Waals surface area contributed by atoms with Crippen LogP contribution < -0.4 is 5.32 Å². The molecule has 1 aliphatic rings. The monoisotopic (exact) mass is 1560 g/mol. The van der Waals surface area contributed by atoms with Crippen molar-refractivity contribution in [2.24, 2.45) is 50.2 Å². The number of aromatic carboxylic acids is 1. The highest BCUT2D eigenvalue weighted by Crippen LogP contribution is 2.32. The van der Waals surface area contributed by atoms with E-state index in [0.717, 1.165) is 44.9 Å². The number of hydrogen-bond acceptors (Lipinski definition) is 25. The SMILES string of the molecule is CCC(C)(C)C(=O)O.CCC(C)(C)C(=O)OCC(O)COC(=O)CCSCC(C)(C)C(=O)OC.CCC(C)(C)C(=O)OCCOC(=O)C1CCCCC1C(=O)O.CCC(C)(C)C(=O)OCCOC(=O)c1ccccc1C(=O)O.CCCCC(CC)COC(=O)CCCCCOC(=O)NCCOC(=O)C(C)(C)CC. The van der Waals surface area contributed by atoms with Crippen LogP contribution in [0.4, 0.5) is 4.79 Å². The Morgan fingerprint density at radius 2 is 0.935 bits per heavy atom. The number of aliphatic carboxylic acids is 2. The van der Waals surface area contributed by atoms with E-state index < -0.39 is 98.3 Å². The summed E-state index contributed by atoms with van der Waals surface area (Å²) in [5, 5.41) is 38.9. The Kier molecular flexibility index (Phi) is 54.0. The van der Waals surface area contributed by atoms with Gasteiger partial charge < -0.3 is 73.1 Å². The van der Waals surface area contributed by atoms with E-state index in [2.05, 4.69) is 19.2 Å². The minimum absolute atomic E-state index is 0.00153. The van der Waals surface area contributed by atoms with Crippen molar-refractivity contribution in [2.45, 2.75) is 253 Å². The molecule has 0 aromatic heterocycles. The number of hydrogen-bond donors (Lipinski definition) is 5. The van der Waals surface area contributed by atoms with Crippen molar-refractivity contribution in [3.05, 3.63) is 35.4 Å². The molecule has 28 nitrogen and oxygen atoms in total. The maximum absolute atomic E-state index is 12.0. The number of aliphatic hydroxyl groups is 1. The predicted molar refractivity (Wildman–Crippen MR) is 406 cm³/mol. The lowest BCUT2D eigenvalue weighted by molar-refractivity contribution is -0.164. The second-order valence-electron chi connectivity index (χ2n) is 30.0. The van der Waals surface area contributed by atoms with Crippen molar-refractivity contribution in [3.8, 4) is 0 Å². The van der Waals surface area contributed by atoms with Gasteiger partial charge in [-0.05, 0) is 172 Å². The van der Waals surface area contributed by atoms with Crippen LogP contribution in [0.3, 0.4) is 0 Å². The van der Waals surface area contributed by atoms with E-state index in [9.17, 15) is 67.4 Å². The van der Waals surface area contributed by atoms with E-state index in [0.29, 0.717) is 88.4 Å². The summed E-state index contributed by atoms with van der Waals surface area (Å²) in [6, 6.07) is 5.77. The van der Waals surface area contributed by atoms with Gasteiger partial charge in [-0.2, -0.15) is 11.8 Å². The molecule has 0 bridgehead atoms. The zero-order valence-corrected chi connectivity index (χ0v) is 69.2. The van der Waals surface area contributed by atoms with Crippen LogP contribution >= 0.6 is 11.8 Å². The molecule has 5 N–H and O–H groups in total. The summed E-state index contributed by atoms with van der Waals surface area (Å²) < 4.78 is 50.4. The first kappa shape index (κ1) is 105. The molecule has 4 atom stereocenters. The van der Waals surface area contributed by atoms with Crippen molar-refractivity contribution in [2.75, 3.05) is 84.6 Å². The molecule has 0 radical (unpaired) electrons. The molecule has 0 saturated heterocycles. The number of rotatable bonds is 45. The van der Waals surface area contributed by atoms with Crippen molar-refractivity contribution >= 4 is 89.5 Å². The maximum atomic E-state index is 12.0. The average molecular weight is 1560 g/mol. The van der Waals surface area contributed by atoms with Crippen LogP contribution in [-0.4, -0.2) is 189 Å². The van der Waals surface area contributed by atoms with Gasteiger partial charge in [0.2, 0.25) is 0 Å². The van der Waals surface area contributed by atoms with Crippen LogP contribution in [0.25, 0.3) is 0 Å². The van der Waals surface area contributed by atoms with Crippen LogP contribution in [0.2, 0.25) is 0 Å². The summed E-state index contributed by atoms with van der Waals surface area (Å²) >= 11 is 1.45. The van der Waals surface area contributed by atoms with Crippen LogP contribution in [0.15, 0.2) is 24.3 Å². The van der Waals surface area contributed by atoms with Gasteiger partial charge in [0.05, 0.1) is 88.7 Å². The predicted octanol–water partition coefficient (Wildman–Crippen LogP) is 13.6. The van der Waals surface area contributed by atoms with Crippen molar-refractivity contribution in [1.29, 1.82) is 0 Å². The lowest BCUT2D eigenvalue weighted by Gasteiger charge is -2.26. The van der Waals surface area contributed by atoms with Gasteiger partial charge in [-0.1, -0.05) is 92.7 Å². The zero-order chi connectivity index (χ0) is 83.5. The summed E-state index contributed by atoms with van der Waals surface area (Å²) in [6.45, 7) is 35.5. The molecule has 1 aliphatic carbocycles. The number of nitrogens with one attached hydrogen (secondary N) is 1. The molecule has 622 valence electrons. The van der Waals surface area contributed by atoms with Crippen LogP contribution in [0.1, 0.15) is 268 Å². The maximum Gasteiger partial charge on any atom is 0.407 e. The summed E-state index contributed by atoms with van der Waals surface area (Å²) in [4.78, 5) is 150. The Morgan fingerprint density at radius 1 is 0.481 bits per heavy atom. The summed E-state index contributed by atoms with van der Waals surface area (Å²) in [5.41, 5.74) is -3.57. The Labute approximate surface area is 645 Å². The molecule has 1 aromatic rings. The first-order valence-corrected chi connectivity index (χ1v) is 38.8. The van der Waals surface area contributed by atoms with Gasteiger partial charge in [0.1, 0.15) is 52.4 Å². The fraction of sp³-hybridized carbons (Fsp3) is 0.759. The molecule has 2 rings (SSSR count). The number of methoxy groups -OCH3 is 1. The standard InChI is InChI=1S/C23H43NO6.C18H32O7S.C16H26O6.C16H20O6.C6H12O2/c1-6-9-13-19(7-2)18-30-20(25)14-11-10-12-16-29-22(27)24-15-17-28-21(26)23(4,5)8-3;1-7-17(2,3)16(22)25-11-13(19)10-24-14(20)8-9-26-12-18(4,5)15(21)23-6;2*1-4-16(2,3)15(20)22-10-9-21-14(19)12-8-6-5-7-11(12)13(17)18;1-4-6(2,3)5(7)8/h19H,6-18H2,1-5H3,(H,24,27);13,19H,7-12H2,1-6H3;11-12H,4-10H2,1-3H3,(H,17,18);5-8H,4,9-10H2,1-3H3,(H,17,18);4H2,1-3H3,(H,7,8). The second-order valence-corrected chi connectivity index (χ2v) is 31.1. The molecule has 108 heavy (non-hydrogen) atoms. The number of esters is 9. The number of alkyl carbamates (subject to hydrolysis) is 1. The third-order valence-electron chi connectivity index (χ3n) is 18.5. The van der Waals surface area contributed by atoms with E-state index in [1.165, 1.54) is 43.5 Å². The number of unbranched alkanes of at least 4 members (excludes halogenated alkanes) is 3. The molecule has 29 heteroatoms. The van der Waals surface area contributed by atoms with Gasteiger partial charge in [0.15, 0.2) is 0 Å². The average Bonchev–Trinajstić information content (AvgIpc) is 0.837. The van der Waals surface area contributed by atoms with Gasteiger partial charge in [0.25, 0.3) is 0 Å². The fourth-order valence-corrected chi connectivity index (χ4v) is 9.42. The topological polar surface area (TPSA) is 407 Å². The van der Waals surface area contributed by atoms with Crippen molar-refractivity contribution in [1.82, 2.24) is 5.32 Å². The number of benzene rings is 1. The van der Waals surface area contributed by atoms with Gasteiger partial charge in [0, 0.05) is 17.9 Å². The number of carbonyl (C=O) groups is 13. The van der Waals surface area contributed by atoms with E-state index in [-0.39, 0.29) is 100 Å². The number of ether oxygens (including phenoxy) is 10. The highest BCUT2D eigenvalue weighted by molar-refractivity contribution is 7.99. The molecule has 1 saturated carbocycles. The highest BCUT2D eigenvalue weighted by atomic mass is 32.2. The first-order chi connectivity index (χ1) is 50.3. The molecule has 1 fully saturated rings. The number of carbonyl (C=O) groups excluding carboxylic acids is 10. The third-order valence-corrected chi connectivity index (χ3v) is 19.9. The van der Waals surface area contributed by atoms with E-state index >= 15 is 0 Å². The molecule has 0 spiro atoms. The molecule has 0 aliphatic heterocycles. The van der Waals surface area contributed by atoms with E-state index in [1.807, 2.05) is 48.5 Å². The lowest BCUT2D eigenvalue weighted by atomic mass is 9.79. The number of carboxylic acids is 3. The minimum Gasteiger partial charge on any atom is -0.481 e. The first-order valence-electron chi connectivity index (χ1n) is 37.7. The highest BCUT2D eigenvalue weighted by Gasteiger charge is 2.38. The minimum atomic E-state index is -1.20. The summed E-state index contributed by atoms with van der Waals surface area (Å²) in [5.74, 6) is -6.16. The van der Waals surface area contributed by atoms with Gasteiger partial charge in [-0.15, -0.1) is 0 Å². The lowest BCUT2D eigenvalue weighted by Crippen LogP contribution is -2.34. The quantitative estimate of drug-likeness (QED) is 0.0230. The van der Waals surface area contributed by atoms with Crippen molar-refractivity contribution in [3.63, 3.8) is 0 Å². The number of amides is 1.